The van der Waals surface area contributed by atoms with Gasteiger partial charge in [-0.3, -0.25) is 4.79 Å². The van der Waals surface area contributed by atoms with Gasteiger partial charge in [0.05, 0.1) is 5.25 Å². The zero-order valence-corrected chi connectivity index (χ0v) is 8.47. The lowest BCUT2D eigenvalue weighted by Crippen LogP contribution is -2.39. The van der Waals surface area contributed by atoms with Crippen LogP contribution in [0.3, 0.4) is 0 Å². The van der Waals surface area contributed by atoms with Crippen molar-refractivity contribution in [2.45, 2.75) is 25.5 Å². The van der Waals surface area contributed by atoms with E-state index in [1.165, 1.54) is 5.57 Å². The Hall–Kier alpha value is -0.440. The Labute approximate surface area is 79.0 Å². The summed E-state index contributed by atoms with van der Waals surface area (Å²) in [5.41, 5.74) is 1.28. The standard InChI is InChI=1S/C9H15NOS/c1-7-4-3-5-10(6-7)9(11)8(2)12/h4,8,12H,3,5-6H2,1-2H3. The molecule has 0 bridgehead atoms. The van der Waals surface area contributed by atoms with Crippen LogP contribution >= 0.6 is 12.6 Å². The van der Waals surface area contributed by atoms with Gasteiger partial charge in [0.1, 0.15) is 0 Å². The van der Waals surface area contributed by atoms with Gasteiger partial charge in [-0.2, -0.15) is 12.6 Å². The van der Waals surface area contributed by atoms with E-state index in [4.69, 9.17) is 0 Å². The van der Waals surface area contributed by atoms with Crippen molar-refractivity contribution in [3.05, 3.63) is 11.6 Å². The summed E-state index contributed by atoms with van der Waals surface area (Å²) in [6.45, 7) is 5.51. The van der Waals surface area contributed by atoms with Crippen molar-refractivity contribution in [2.24, 2.45) is 0 Å². The van der Waals surface area contributed by atoms with Crippen LogP contribution in [0.25, 0.3) is 0 Å². The first-order valence-electron chi connectivity index (χ1n) is 4.23. The Morgan fingerprint density at radius 1 is 1.75 bits per heavy atom. The lowest BCUT2D eigenvalue weighted by molar-refractivity contribution is -0.130. The fourth-order valence-corrected chi connectivity index (χ4v) is 1.53. The molecule has 0 aromatic rings. The van der Waals surface area contributed by atoms with Crippen LogP contribution in [-0.2, 0) is 4.79 Å². The molecule has 0 saturated heterocycles. The van der Waals surface area contributed by atoms with Crippen LogP contribution in [-0.4, -0.2) is 29.1 Å². The van der Waals surface area contributed by atoms with Gasteiger partial charge < -0.3 is 4.90 Å². The van der Waals surface area contributed by atoms with Gasteiger partial charge in [0.15, 0.2) is 0 Å². The largest absolute Gasteiger partial charge is 0.337 e. The van der Waals surface area contributed by atoms with Gasteiger partial charge in [-0.05, 0) is 20.3 Å². The monoisotopic (exact) mass is 185 g/mol. The zero-order valence-electron chi connectivity index (χ0n) is 7.58. The summed E-state index contributed by atoms with van der Waals surface area (Å²) < 4.78 is 0. The van der Waals surface area contributed by atoms with E-state index in [2.05, 4.69) is 25.6 Å². The molecule has 0 aromatic heterocycles. The van der Waals surface area contributed by atoms with Crippen LogP contribution in [0.5, 0.6) is 0 Å². The molecule has 2 nitrogen and oxygen atoms in total. The number of hydrogen-bond acceptors (Lipinski definition) is 2. The number of nitrogens with zero attached hydrogens (tertiary/aromatic N) is 1. The molecule has 3 heteroatoms. The molecular weight excluding hydrogens is 170 g/mol. The molecule has 0 aliphatic carbocycles. The second-order valence-electron chi connectivity index (χ2n) is 3.27. The Balaban J connectivity index is 2.55. The number of carbonyl (C=O) groups excluding carboxylic acids is 1. The fraction of sp³-hybridized carbons (Fsp3) is 0.667. The van der Waals surface area contributed by atoms with Gasteiger partial charge in [0, 0.05) is 13.1 Å². The molecule has 1 atom stereocenters. The first-order valence-corrected chi connectivity index (χ1v) is 4.75. The quantitative estimate of drug-likeness (QED) is 0.484. The van der Waals surface area contributed by atoms with E-state index in [1.807, 2.05) is 11.8 Å². The highest BCUT2D eigenvalue weighted by atomic mass is 32.1. The highest BCUT2D eigenvalue weighted by Gasteiger charge is 2.18. The van der Waals surface area contributed by atoms with Gasteiger partial charge in [-0.25, -0.2) is 0 Å². The highest BCUT2D eigenvalue weighted by molar-refractivity contribution is 7.81. The highest BCUT2D eigenvalue weighted by Crippen LogP contribution is 2.11. The minimum Gasteiger partial charge on any atom is -0.337 e. The Kier molecular flexibility index (Phi) is 3.20. The molecule has 0 saturated carbocycles. The SMILES string of the molecule is CC1=CCCN(C(=O)C(C)S)C1. The lowest BCUT2D eigenvalue weighted by atomic mass is 10.1. The van der Waals surface area contributed by atoms with Crippen LogP contribution in [0.15, 0.2) is 11.6 Å². The average molecular weight is 185 g/mol. The minimum absolute atomic E-state index is 0.144. The predicted molar refractivity (Wildman–Crippen MR) is 53.4 cm³/mol. The molecular formula is C9H15NOS. The third-order valence-electron chi connectivity index (χ3n) is 2.00. The molecule has 0 aromatic carbocycles. The van der Waals surface area contributed by atoms with Gasteiger partial charge in [-0.15, -0.1) is 0 Å². The fourth-order valence-electron chi connectivity index (χ4n) is 1.36. The van der Waals surface area contributed by atoms with Gasteiger partial charge >= 0.3 is 0 Å². The second kappa shape index (κ2) is 3.99. The van der Waals surface area contributed by atoms with E-state index in [0.717, 1.165) is 19.5 Å². The zero-order chi connectivity index (χ0) is 9.14. The van der Waals surface area contributed by atoms with E-state index in [-0.39, 0.29) is 11.2 Å². The summed E-state index contributed by atoms with van der Waals surface area (Å²) in [6.07, 6.45) is 3.17. The third kappa shape index (κ3) is 2.27. The summed E-state index contributed by atoms with van der Waals surface area (Å²) in [5, 5.41) is -0.170. The maximum absolute atomic E-state index is 11.5. The maximum Gasteiger partial charge on any atom is 0.235 e. The van der Waals surface area contributed by atoms with Crippen molar-refractivity contribution in [1.82, 2.24) is 4.90 Å². The van der Waals surface area contributed by atoms with Crippen LogP contribution in [0.2, 0.25) is 0 Å². The molecule has 0 radical (unpaired) electrons. The molecule has 1 aliphatic heterocycles. The van der Waals surface area contributed by atoms with Crippen molar-refractivity contribution in [3.63, 3.8) is 0 Å². The van der Waals surface area contributed by atoms with E-state index in [1.54, 1.807) is 0 Å². The van der Waals surface area contributed by atoms with Crippen LogP contribution in [0, 0.1) is 0 Å². The molecule has 1 aliphatic rings. The minimum atomic E-state index is -0.170. The molecule has 1 unspecified atom stereocenters. The first-order chi connectivity index (χ1) is 5.61. The molecule has 0 spiro atoms. The van der Waals surface area contributed by atoms with E-state index in [0.29, 0.717) is 0 Å². The first kappa shape index (κ1) is 9.65. The Morgan fingerprint density at radius 3 is 2.92 bits per heavy atom. The normalized spacial score (nSPS) is 20.2. The number of carbonyl (C=O) groups is 1. The van der Waals surface area contributed by atoms with Gasteiger partial charge in [0.25, 0.3) is 0 Å². The van der Waals surface area contributed by atoms with Gasteiger partial charge in [-0.1, -0.05) is 11.6 Å². The van der Waals surface area contributed by atoms with Gasteiger partial charge in [0.2, 0.25) is 5.91 Å². The van der Waals surface area contributed by atoms with Crippen LogP contribution in [0.4, 0.5) is 0 Å². The summed E-state index contributed by atoms with van der Waals surface area (Å²) in [4.78, 5) is 13.3. The number of thiol groups is 1. The van der Waals surface area contributed by atoms with Crippen molar-refractivity contribution < 1.29 is 4.79 Å². The van der Waals surface area contributed by atoms with E-state index < -0.39 is 0 Å². The molecule has 0 fully saturated rings. The van der Waals surface area contributed by atoms with Crippen molar-refractivity contribution in [2.75, 3.05) is 13.1 Å². The maximum atomic E-state index is 11.5. The molecule has 1 rings (SSSR count). The number of hydrogen-bond donors (Lipinski definition) is 1. The van der Waals surface area contributed by atoms with Crippen molar-refractivity contribution >= 4 is 18.5 Å². The van der Waals surface area contributed by atoms with Crippen LogP contribution in [0.1, 0.15) is 20.3 Å². The predicted octanol–water partition coefficient (Wildman–Crippen LogP) is 1.48. The number of rotatable bonds is 1. The van der Waals surface area contributed by atoms with Crippen molar-refractivity contribution in [1.29, 1.82) is 0 Å². The lowest BCUT2D eigenvalue weighted by Gasteiger charge is -2.27. The Bertz CT molecular complexity index is 211. The molecule has 68 valence electrons. The van der Waals surface area contributed by atoms with Crippen LogP contribution < -0.4 is 0 Å². The summed E-state index contributed by atoms with van der Waals surface area (Å²) in [7, 11) is 0. The molecule has 1 amide bonds. The average Bonchev–Trinajstić information content (AvgIpc) is 2.03. The molecule has 12 heavy (non-hydrogen) atoms. The summed E-state index contributed by atoms with van der Waals surface area (Å²) >= 11 is 4.12. The number of amides is 1. The molecule has 0 N–H and O–H groups in total. The summed E-state index contributed by atoms with van der Waals surface area (Å²) in [5.74, 6) is 0.144. The van der Waals surface area contributed by atoms with Crippen molar-refractivity contribution in [3.8, 4) is 0 Å². The van der Waals surface area contributed by atoms with E-state index in [9.17, 15) is 4.79 Å². The smallest absolute Gasteiger partial charge is 0.235 e. The second-order valence-corrected chi connectivity index (χ2v) is 4.05. The Morgan fingerprint density at radius 2 is 2.42 bits per heavy atom. The topological polar surface area (TPSA) is 20.3 Å². The van der Waals surface area contributed by atoms with E-state index >= 15 is 0 Å². The molecule has 1 heterocycles. The summed E-state index contributed by atoms with van der Waals surface area (Å²) in [6, 6.07) is 0. The third-order valence-corrected chi connectivity index (χ3v) is 2.22.